The number of ether oxygens (including phenoxy) is 1. The molecule has 0 aromatic rings. The molecule has 20 heavy (non-hydrogen) atoms. The molecule has 1 amide bonds. The van der Waals surface area contributed by atoms with Gasteiger partial charge >= 0.3 is 0 Å². The topological polar surface area (TPSA) is 82.6 Å². The number of morpholine rings is 1. The van der Waals surface area contributed by atoms with Crippen LogP contribution in [0, 0.1) is 16.7 Å². The first-order valence-corrected chi connectivity index (χ1v) is 7.18. The molecule has 0 aliphatic carbocycles. The lowest BCUT2D eigenvalue weighted by Gasteiger charge is -2.33. The maximum Gasteiger partial charge on any atom is 0.229 e. The second-order valence-corrected chi connectivity index (χ2v) is 5.74. The van der Waals surface area contributed by atoms with Gasteiger partial charge in [-0.15, -0.1) is 0 Å². The minimum absolute atomic E-state index is 0.0310. The molecule has 1 saturated heterocycles. The number of hydrogen-bond donors (Lipinski definition) is 1. The molecule has 0 atom stereocenters. The molecule has 0 unspecified atom stereocenters. The van der Waals surface area contributed by atoms with Gasteiger partial charge in [-0.2, -0.15) is 5.26 Å². The van der Waals surface area contributed by atoms with Crippen LogP contribution in [0.5, 0.6) is 0 Å². The molecule has 1 fully saturated rings. The third-order valence-electron chi connectivity index (χ3n) is 3.66. The molecular weight excluding hydrogens is 256 g/mol. The minimum Gasteiger partial charge on any atom is -0.379 e. The fourth-order valence-corrected chi connectivity index (χ4v) is 2.10. The van der Waals surface area contributed by atoms with Crippen molar-refractivity contribution in [3.63, 3.8) is 0 Å². The summed E-state index contributed by atoms with van der Waals surface area (Å²) in [6.07, 6.45) is 0.357. The molecule has 0 spiro atoms. The number of amides is 1. The normalized spacial score (nSPS) is 16.7. The fraction of sp³-hybridized carbons (Fsp3) is 0.857. The van der Waals surface area contributed by atoms with E-state index in [0.717, 1.165) is 32.8 Å². The van der Waals surface area contributed by atoms with Crippen molar-refractivity contribution in [2.24, 2.45) is 11.1 Å². The largest absolute Gasteiger partial charge is 0.379 e. The van der Waals surface area contributed by atoms with Crippen LogP contribution in [0.3, 0.4) is 0 Å². The predicted molar refractivity (Wildman–Crippen MR) is 76.9 cm³/mol. The lowest BCUT2D eigenvalue weighted by atomic mass is 9.91. The number of carbonyl (C=O) groups is 1. The van der Waals surface area contributed by atoms with Crippen LogP contribution in [0.1, 0.15) is 20.3 Å². The standard InChI is InChI=1S/C14H26N4O2/c1-14(2,12-16)13(19)18(5-3-4-15)7-6-17-8-10-20-11-9-17/h3,5-12,16H2,1-2H3. The van der Waals surface area contributed by atoms with Crippen LogP contribution < -0.4 is 5.73 Å². The zero-order chi connectivity index (χ0) is 15.0. The van der Waals surface area contributed by atoms with Gasteiger partial charge in [-0.05, 0) is 13.8 Å². The van der Waals surface area contributed by atoms with E-state index in [9.17, 15) is 4.79 Å². The summed E-state index contributed by atoms with van der Waals surface area (Å²) in [5.41, 5.74) is 5.10. The lowest BCUT2D eigenvalue weighted by molar-refractivity contribution is -0.140. The summed E-state index contributed by atoms with van der Waals surface area (Å²) in [6, 6.07) is 2.10. The minimum atomic E-state index is -0.569. The number of nitrogens with two attached hydrogens (primary N) is 1. The monoisotopic (exact) mass is 282 g/mol. The molecule has 114 valence electrons. The van der Waals surface area contributed by atoms with Crippen LogP contribution >= 0.6 is 0 Å². The van der Waals surface area contributed by atoms with E-state index in [1.54, 1.807) is 4.90 Å². The highest BCUT2D eigenvalue weighted by Gasteiger charge is 2.30. The second kappa shape index (κ2) is 8.20. The summed E-state index contributed by atoms with van der Waals surface area (Å²) in [5, 5.41) is 8.73. The molecule has 0 aromatic heterocycles. The van der Waals surface area contributed by atoms with Crippen molar-refractivity contribution in [2.75, 3.05) is 52.5 Å². The zero-order valence-corrected chi connectivity index (χ0v) is 12.6. The van der Waals surface area contributed by atoms with E-state index in [1.807, 2.05) is 13.8 Å². The molecule has 0 saturated carbocycles. The summed E-state index contributed by atoms with van der Waals surface area (Å²) in [5.74, 6) is 0.0310. The van der Waals surface area contributed by atoms with Crippen molar-refractivity contribution < 1.29 is 9.53 Å². The highest BCUT2D eigenvalue weighted by Crippen LogP contribution is 2.17. The highest BCUT2D eigenvalue weighted by molar-refractivity contribution is 5.82. The molecule has 1 rings (SSSR count). The fourth-order valence-electron chi connectivity index (χ4n) is 2.10. The van der Waals surface area contributed by atoms with Gasteiger partial charge in [0.2, 0.25) is 5.91 Å². The maximum absolute atomic E-state index is 12.5. The maximum atomic E-state index is 12.5. The molecule has 0 radical (unpaired) electrons. The third-order valence-corrected chi connectivity index (χ3v) is 3.66. The molecule has 1 aliphatic rings. The van der Waals surface area contributed by atoms with Gasteiger partial charge in [0.05, 0.1) is 31.1 Å². The summed E-state index contributed by atoms with van der Waals surface area (Å²) in [4.78, 5) is 16.5. The van der Waals surface area contributed by atoms with Crippen LogP contribution in [-0.2, 0) is 9.53 Å². The van der Waals surface area contributed by atoms with Crippen molar-refractivity contribution in [3.05, 3.63) is 0 Å². The number of nitrogens with zero attached hydrogens (tertiary/aromatic N) is 3. The Hall–Kier alpha value is -1.16. The van der Waals surface area contributed by atoms with Crippen LogP contribution in [0.2, 0.25) is 0 Å². The molecule has 6 heteroatoms. The first-order chi connectivity index (χ1) is 9.51. The van der Waals surface area contributed by atoms with E-state index in [0.29, 0.717) is 26.1 Å². The second-order valence-electron chi connectivity index (χ2n) is 5.74. The average Bonchev–Trinajstić information content (AvgIpc) is 2.47. The van der Waals surface area contributed by atoms with Crippen molar-refractivity contribution in [2.45, 2.75) is 20.3 Å². The van der Waals surface area contributed by atoms with Crippen LogP contribution in [0.25, 0.3) is 0 Å². The number of rotatable bonds is 7. The van der Waals surface area contributed by atoms with Gasteiger partial charge in [0.25, 0.3) is 0 Å². The Labute approximate surface area is 121 Å². The van der Waals surface area contributed by atoms with E-state index in [1.165, 1.54) is 0 Å². The summed E-state index contributed by atoms with van der Waals surface area (Å²) in [6.45, 7) is 9.26. The van der Waals surface area contributed by atoms with Gasteiger partial charge in [0, 0.05) is 39.3 Å². The summed E-state index contributed by atoms with van der Waals surface area (Å²) in [7, 11) is 0. The van der Waals surface area contributed by atoms with Gasteiger partial charge in [-0.1, -0.05) is 0 Å². The lowest BCUT2D eigenvalue weighted by Crippen LogP contribution is -2.48. The molecule has 6 nitrogen and oxygen atoms in total. The number of carbonyl (C=O) groups excluding carboxylic acids is 1. The van der Waals surface area contributed by atoms with Crippen LogP contribution in [-0.4, -0.2) is 68.2 Å². The molecular formula is C14H26N4O2. The molecule has 2 N–H and O–H groups in total. The Morgan fingerprint density at radius 1 is 1.40 bits per heavy atom. The van der Waals surface area contributed by atoms with Gasteiger partial charge in [0.1, 0.15) is 0 Å². The zero-order valence-electron chi connectivity index (χ0n) is 12.6. The number of hydrogen-bond acceptors (Lipinski definition) is 5. The first-order valence-electron chi connectivity index (χ1n) is 7.18. The first kappa shape index (κ1) is 16.9. The van der Waals surface area contributed by atoms with E-state index in [4.69, 9.17) is 15.7 Å². The van der Waals surface area contributed by atoms with Gasteiger partial charge < -0.3 is 15.4 Å². The molecule has 1 heterocycles. The van der Waals surface area contributed by atoms with Gasteiger partial charge in [0.15, 0.2) is 0 Å². The van der Waals surface area contributed by atoms with Crippen molar-refractivity contribution in [1.29, 1.82) is 5.26 Å². The summed E-state index contributed by atoms with van der Waals surface area (Å²) < 4.78 is 5.31. The van der Waals surface area contributed by atoms with E-state index in [-0.39, 0.29) is 5.91 Å². The third kappa shape index (κ3) is 5.08. The van der Waals surface area contributed by atoms with Crippen LogP contribution in [0.4, 0.5) is 0 Å². The van der Waals surface area contributed by atoms with Gasteiger partial charge in [-0.25, -0.2) is 0 Å². The van der Waals surface area contributed by atoms with Crippen molar-refractivity contribution in [1.82, 2.24) is 9.80 Å². The Kier molecular flexibility index (Phi) is 6.93. The summed E-state index contributed by atoms with van der Waals surface area (Å²) >= 11 is 0. The van der Waals surface area contributed by atoms with Gasteiger partial charge in [-0.3, -0.25) is 9.69 Å². The van der Waals surface area contributed by atoms with Crippen molar-refractivity contribution >= 4 is 5.91 Å². The quantitative estimate of drug-likeness (QED) is 0.713. The van der Waals surface area contributed by atoms with E-state index < -0.39 is 5.41 Å². The predicted octanol–water partition coefficient (Wildman–Crippen LogP) is 0.0458. The molecule has 0 aromatic carbocycles. The Balaban J connectivity index is 2.54. The number of nitriles is 1. The Bertz CT molecular complexity index is 346. The smallest absolute Gasteiger partial charge is 0.229 e. The van der Waals surface area contributed by atoms with Crippen molar-refractivity contribution in [3.8, 4) is 6.07 Å². The van der Waals surface area contributed by atoms with E-state index >= 15 is 0 Å². The van der Waals surface area contributed by atoms with E-state index in [2.05, 4.69) is 11.0 Å². The SMILES string of the molecule is CC(C)(CN)C(=O)N(CCC#N)CCN1CCOCC1. The average molecular weight is 282 g/mol. The highest BCUT2D eigenvalue weighted by atomic mass is 16.5. The van der Waals surface area contributed by atoms with Crippen LogP contribution in [0.15, 0.2) is 0 Å². The molecule has 0 bridgehead atoms. The Morgan fingerprint density at radius 2 is 2.05 bits per heavy atom. The molecule has 1 aliphatic heterocycles. The Morgan fingerprint density at radius 3 is 2.60 bits per heavy atom.